The van der Waals surface area contributed by atoms with Gasteiger partial charge in [0.15, 0.2) is 0 Å². The van der Waals surface area contributed by atoms with Crippen molar-refractivity contribution in [3.63, 3.8) is 0 Å². The van der Waals surface area contributed by atoms with E-state index in [9.17, 15) is 18.0 Å². The van der Waals surface area contributed by atoms with Gasteiger partial charge in [0.05, 0.1) is 13.2 Å². The molecule has 13 heavy (non-hydrogen) atoms. The topological polar surface area (TPSA) is 41.6 Å². The van der Waals surface area contributed by atoms with Gasteiger partial charge in [-0.2, -0.15) is 13.2 Å². The second-order valence-electron chi connectivity index (χ2n) is 2.53. The number of hydrogen-bond acceptors (Lipinski definition) is 2. The standard InChI is InChI=1S/C6H9F3N2O2/c7-6(8,9)10-5(12)11-1-3-13-4-2-11/h1-4H2,(H,10,12). The number of alkyl halides is 3. The molecule has 0 aliphatic carbocycles. The Bertz CT molecular complexity index is 189. The molecule has 0 radical (unpaired) electrons. The molecule has 1 rings (SSSR count). The summed E-state index contributed by atoms with van der Waals surface area (Å²) < 4.78 is 39.9. The number of halogens is 3. The number of rotatable bonds is 0. The van der Waals surface area contributed by atoms with Crippen molar-refractivity contribution >= 4 is 6.03 Å². The summed E-state index contributed by atoms with van der Waals surface area (Å²) in [6.45, 7) is 0.959. The van der Waals surface area contributed by atoms with E-state index >= 15 is 0 Å². The van der Waals surface area contributed by atoms with Gasteiger partial charge in [0.2, 0.25) is 0 Å². The molecule has 0 atom stereocenters. The third-order valence-corrected chi connectivity index (χ3v) is 1.55. The number of ether oxygens (including phenoxy) is 1. The average Bonchev–Trinajstić information content (AvgIpc) is 2.03. The van der Waals surface area contributed by atoms with Gasteiger partial charge in [-0.15, -0.1) is 0 Å². The molecule has 0 bridgehead atoms. The fraction of sp³-hybridized carbons (Fsp3) is 0.833. The Morgan fingerprint density at radius 2 is 1.85 bits per heavy atom. The fourth-order valence-electron chi connectivity index (χ4n) is 0.967. The van der Waals surface area contributed by atoms with Gasteiger partial charge in [-0.3, -0.25) is 0 Å². The van der Waals surface area contributed by atoms with E-state index in [-0.39, 0.29) is 26.3 Å². The molecule has 0 spiro atoms. The van der Waals surface area contributed by atoms with Gasteiger partial charge >= 0.3 is 12.3 Å². The zero-order valence-corrected chi connectivity index (χ0v) is 6.73. The van der Waals surface area contributed by atoms with Crippen LogP contribution in [0.5, 0.6) is 0 Å². The lowest BCUT2D eigenvalue weighted by molar-refractivity contribution is -0.148. The van der Waals surface area contributed by atoms with Crippen LogP contribution >= 0.6 is 0 Å². The number of morpholine rings is 1. The first kappa shape index (κ1) is 10.1. The summed E-state index contributed by atoms with van der Waals surface area (Å²) in [7, 11) is 0. The molecule has 2 amide bonds. The number of amides is 2. The summed E-state index contributed by atoms with van der Waals surface area (Å²) in [4.78, 5) is 11.9. The Morgan fingerprint density at radius 1 is 1.31 bits per heavy atom. The van der Waals surface area contributed by atoms with E-state index in [1.165, 1.54) is 0 Å². The van der Waals surface area contributed by atoms with E-state index < -0.39 is 12.3 Å². The van der Waals surface area contributed by atoms with Crippen LogP contribution in [0.15, 0.2) is 0 Å². The number of urea groups is 1. The third kappa shape index (κ3) is 3.49. The summed E-state index contributed by atoms with van der Waals surface area (Å²) in [6, 6.07) is -1.12. The maximum Gasteiger partial charge on any atom is 0.485 e. The van der Waals surface area contributed by atoms with Gasteiger partial charge in [0, 0.05) is 13.1 Å². The smallest absolute Gasteiger partial charge is 0.378 e. The van der Waals surface area contributed by atoms with Crippen LogP contribution in [0, 0.1) is 0 Å². The van der Waals surface area contributed by atoms with E-state index in [0.29, 0.717) is 0 Å². The second-order valence-corrected chi connectivity index (χ2v) is 2.53. The molecule has 7 heteroatoms. The minimum absolute atomic E-state index is 0.196. The van der Waals surface area contributed by atoms with Gasteiger partial charge in [-0.05, 0) is 0 Å². The van der Waals surface area contributed by atoms with Gasteiger partial charge in [-0.25, -0.2) is 10.1 Å². The molecule has 1 fully saturated rings. The van der Waals surface area contributed by atoms with Crippen molar-refractivity contribution < 1.29 is 22.7 Å². The molecular formula is C6H9F3N2O2. The molecule has 4 nitrogen and oxygen atoms in total. The second kappa shape index (κ2) is 3.82. The molecule has 1 aliphatic rings. The Balaban J connectivity index is 2.38. The Kier molecular flexibility index (Phi) is 2.97. The molecule has 1 saturated heterocycles. The Labute approximate surface area is 72.6 Å². The predicted octanol–water partition coefficient (Wildman–Crippen LogP) is 0.548. The van der Waals surface area contributed by atoms with Gasteiger partial charge in [-0.1, -0.05) is 0 Å². The van der Waals surface area contributed by atoms with Gasteiger partial charge in [0.1, 0.15) is 0 Å². The van der Waals surface area contributed by atoms with Crippen LogP contribution in [0.4, 0.5) is 18.0 Å². The minimum Gasteiger partial charge on any atom is -0.378 e. The van der Waals surface area contributed by atoms with Crippen molar-refractivity contribution in [3.8, 4) is 0 Å². The number of carbonyl (C=O) groups excluding carboxylic acids is 1. The zero-order valence-electron chi connectivity index (χ0n) is 6.73. The van der Waals surface area contributed by atoms with E-state index in [4.69, 9.17) is 4.74 Å². The molecule has 0 aromatic heterocycles. The monoisotopic (exact) mass is 198 g/mol. The molecular weight excluding hydrogens is 189 g/mol. The highest BCUT2D eigenvalue weighted by Crippen LogP contribution is 2.10. The fourth-order valence-corrected chi connectivity index (χ4v) is 0.967. The number of nitrogens with one attached hydrogen (secondary N) is 1. The van der Waals surface area contributed by atoms with Crippen LogP contribution in [0.3, 0.4) is 0 Å². The van der Waals surface area contributed by atoms with Crippen LogP contribution in [-0.4, -0.2) is 43.5 Å². The van der Waals surface area contributed by atoms with Gasteiger partial charge < -0.3 is 9.64 Å². The van der Waals surface area contributed by atoms with Crippen molar-refractivity contribution in [1.29, 1.82) is 0 Å². The summed E-state index contributed by atoms with van der Waals surface area (Å²) in [5.41, 5.74) is 0. The normalized spacial score (nSPS) is 18.5. The lowest BCUT2D eigenvalue weighted by atomic mass is 10.4. The van der Waals surface area contributed by atoms with E-state index in [0.717, 1.165) is 10.2 Å². The highest BCUT2D eigenvalue weighted by molar-refractivity contribution is 5.74. The quantitative estimate of drug-likeness (QED) is 0.577. The van der Waals surface area contributed by atoms with Crippen LogP contribution in [0.25, 0.3) is 0 Å². The number of carbonyl (C=O) groups is 1. The predicted molar refractivity (Wildman–Crippen MR) is 37.0 cm³/mol. The lowest BCUT2D eigenvalue weighted by Gasteiger charge is -2.27. The van der Waals surface area contributed by atoms with Crippen LogP contribution in [0.2, 0.25) is 0 Å². The molecule has 0 aromatic rings. The molecule has 1 aliphatic heterocycles. The first-order valence-corrected chi connectivity index (χ1v) is 3.70. The zero-order chi connectivity index (χ0) is 9.90. The van der Waals surface area contributed by atoms with Crippen molar-refractivity contribution in [2.75, 3.05) is 26.3 Å². The maximum atomic E-state index is 11.7. The average molecular weight is 198 g/mol. The summed E-state index contributed by atoms with van der Waals surface area (Å²) in [5, 5.41) is 0.920. The van der Waals surface area contributed by atoms with Crippen molar-refractivity contribution in [3.05, 3.63) is 0 Å². The Morgan fingerprint density at radius 3 is 2.31 bits per heavy atom. The summed E-state index contributed by atoms with van der Waals surface area (Å²) in [5.74, 6) is 0. The van der Waals surface area contributed by atoms with Crippen LogP contribution in [0.1, 0.15) is 0 Å². The van der Waals surface area contributed by atoms with E-state index in [1.54, 1.807) is 0 Å². The first-order valence-electron chi connectivity index (χ1n) is 3.70. The first-order chi connectivity index (χ1) is 5.99. The minimum atomic E-state index is -4.66. The van der Waals surface area contributed by atoms with Crippen molar-refractivity contribution in [1.82, 2.24) is 10.2 Å². The molecule has 1 N–H and O–H groups in total. The van der Waals surface area contributed by atoms with Crippen LogP contribution < -0.4 is 5.32 Å². The van der Waals surface area contributed by atoms with Crippen LogP contribution in [-0.2, 0) is 4.74 Å². The summed E-state index contributed by atoms with van der Waals surface area (Å²) >= 11 is 0. The maximum absolute atomic E-state index is 11.7. The summed E-state index contributed by atoms with van der Waals surface area (Å²) in [6.07, 6.45) is -4.66. The highest BCUT2D eigenvalue weighted by Gasteiger charge is 2.32. The molecule has 1 heterocycles. The Hall–Kier alpha value is -0.980. The SMILES string of the molecule is O=C(NC(F)(F)F)N1CCOCC1. The molecule has 76 valence electrons. The van der Waals surface area contributed by atoms with Crippen molar-refractivity contribution in [2.24, 2.45) is 0 Å². The van der Waals surface area contributed by atoms with E-state index in [2.05, 4.69) is 0 Å². The lowest BCUT2D eigenvalue weighted by Crippen LogP contribution is -2.50. The van der Waals surface area contributed by atoms with Gasteiger partial charge in [0.25, 0.3) is 0 Å². The highest BCUT2D eigenvalue weighted by atomic mass is 19.4. The van der Waals surface area contributed by atoms with Crippen molar-refractivity contribution in [2.45, 2.75) is 6.30 Å². The molecule has 0 unspecified atom stereocenters. The third-order valence-electron chi connectivity index (χ3n) is 1.55. The number of nitrogens with zero attached hydrogens (tertiary/aromatic N) is 1. The molecule has 0 saturated carbocycles. The molecule has 0 aromatic carbocycles. The number of hydrogen-bond donors (Lipinski definition) is 1. The van der Waals surface area contributed by atoms with E-state index in [1.807, 2.05) is 0 Å². The largest absolute Gasteiger partial charge is 0.485 e.